The zero-order chi connectivity index (χ0) is 19.2. The average Bonchev–Trinajstić information content (AvgIpc) is 3.28. The molecule has 6 nitrogen and oxygen atoms in total. The second-order valence-electron chi connectivity index (χ2n) is 6.24. The van der Waals surface area contributed by atoms with Crippen molar-refractivity contribution < 1.29 is 14.3 Å². The fourth-order valence-electron chi connectivity index (χ4n) is 3.04. The third-order valence-corrected chi connectivity index (χ3v) is 5.89. The number of carbonyl (C=O) groups excluding carboxylic acids is 2. The van der Waals surface area contributed by atoms with Crippen LogP contribution in [0.4, 0.5) is 4.79 Å². The van der Waals surface area contributed by atoms with Gasteiger partial charge < -0.3 is 15.4 Å². The fourth-order valence-corrected chi connectivity index (χ4v) is 4.53. The molecule has 0 fully saturated rings. The molecule has 144 valence electrons. The van der Waals surface area contributed by atoms with Crippen LogP contribution in [0.1, 0.15) is 23.6 Å². The maximum atomic E-state index is 12.5. The normalized spacial score (nSPS) is 17.0. The molecular weight excluding hydrogens is 382 g/mol. The van der Waals surface area contributed by atoms with Crippen molar-refractivity contribution in [1.82, 2.24) is 15.5 Å². The van der Waals surface area contributed by atoms with E-state index < -0.39 is 6.04 Å². The van der Waals surface area contributed by atoms with E-state index in [0.29, 0.717) is 24.4 Å². The van der Waals surface area contributed by atoms with Crippen LogP contribution in [0, 0.1) is 0 Å². The lowest BCUT2D eigenvalue weighted by Crippen LogP contribution is -2.51. The molecule has 1 aliphatic rings. The van der Waals surface area contributed by atoms with Gasteiger partial charge >= 0.3 is 12.0 Å². The first kappa shape index (κ1) is 19.6. The molecule has 27 heavy (non-hydrogen) atoms. The van der Waals surface area contributed by atoms with Crippen molar-refractivity contribution in [3.63, 3.8) is 0 Å². The average molecular weight is 406 g/mol. The molecule has 0 radical (unpaired) electrons. The Labute approximate surface area is 166 Å². The van der Waals surface area contributed by atoms with E-state index in [2.05, 4.69) is 38.4 Å². The molecule has 0 aliphatic carbocycles. The van der Waals surface area contributed by atoms with Crippen LogP contribution in [-0.4, -0.2) is 36.1 Å². The minimum absolute atomic E-state index is 0.294. The highest BCUT2D eigenvalue weighted by Crippen LogP contribution is 2.21. The Balaban J connectivity index is 1.86. The van der Waals surface area contributed by atoms with Gasteiger partial charge in [-0.05, 0) is 36.7 Å². The number of rotatable bonds is 8. The molecule has 0 spiro atoms. The van der Waals surface area contributed by atoms with Crippen molar-refractivity contribution in [2.75, 3.05) is 13.2 Å². The van der Waals surface area contributed by atoms with E-state index in [9.17, 15) is 9.59 Å². The summed E-state index contributed by atoms with van der Waals surface area (Å²) in [7, 11) is 0. The summed E-state index contributed by atoms with van der Waals surface area (Å²) in [4.78, 5) is 29.2. The quantitative estimate of drug-likeness (QED) is 0.661. The van der Waals surface area contributed by atoms with Gasteiger partial charge in [-0.2, -0.15) is 0 Å². The smallest absolute Gasteiger partial charge is 0.337 e. The van der Waals surface area contributed by atoms with Gasteiger partial charge in [0.05, 0.1) is 18.2 Å². The second-order valence-corrected chi connectivity index (χ2v) is 8.30. The van der Waals surface area contributed by atoms with E-state index in [4.69, 9.17) is 4.74 Å². The summed E-state index contributed by atoms with van der Waals surface area (Å²) in [5.74, 6) is -0.389. The molecule has 1 aliphatic heterocycles. The van der Waals surface area contributed by atoms with Gasteiger partial charge in [-0.3, -0.25) is 4.90 Å². The number of ether oxygens (including phenoxy) is 1. The van der Waals surface area contributed by atoms with Crippen molar-refractivity contribution >= 4 is 34.7 Å². The Kier molecular flexibility index (Phi) is 6.65. The Bertz CT molecular complexity index is 764. The van der Waals surface area contributed by atoms with Gasteiger partial charge in [-0.1, -0.05) is 12.1 Å². The Morgan fingerprint density at radius 3 is 2.30 bits per heavy atom. The summed E-state index contributed by atoms with van der Waals surface area (Å²) in [6, 6.07) is 7.56. The molecule has 0 bridgehead atoms. The van der Waals surface area contributed by atoms with Crippen molar-refractivity contribution in [2.24, 2.45) is 0 Å². The fraction of sp³-hybridized carbons (Fsp3) is 0.368. The molecular formula is C19H23N3O3S2. The third-order valence-electron chi connectivity index (χ3n) is 4.17. The Hall–Kier alpha value is -2.16. The summed E-state index contributed by atoms with van der Waals surface area (Å²) in [5.41, 5.74) is 1.09. The Morgan fingerprint density at radius 2 is 1.78 bits per heavy atom. The monoisotopic (exact) mass is 405 g/mol. The van der Waals surface area contributed by atoms with Gasteiger partial charge in [-0.25, -0.2) is 9.59 Å². The maximum absolute atomic E-state index is 12.5. The number of hydrogen-bond acceptors (Lipinski definition) is 6. The Morgan fingerprint density at radius 1 is 1.15 bits per heavy atom. The van der Waals surface area contributed by atoms with Crippen LogP contribution in [0.15, 0.2) is 46.3 Å². The molecule has 1 unspecified atom stereocenters. The second kappa shape index (κ2) is 9.16. The first-order valence-electron chi connectivity index (χ1n) is 8.81. The summed E-state index contributed by atoms with van der Waals surface area (Å²) in [5, 5.41) is 9.66. The molecule has 2 N–H and O–H groups in total. The van der Waals surface area contributed by atoms with E-state index in [1.807, 2.05) is 12.1 Å². The molecule has 2 aromatic heterocycles. The number of carbonyl (C=O) groups is 2. The third kappa shape index (κ3) is 5.18. The molecule has 0 saturated heterocycles. The molecule has 3 heterocycles. The van der Waals surface area contributed by atoms with Gasteiger partial charge in [-0.15, -0.1) is 22.7 Å². The zero-order valence-corrected chi connectivity index (χ0v) is 17.0. The minimum Gasteiger partial charge on any atom is -0.463 e. The molecule has 2 amide bonds. The lowest BCUT2D eigenvalue weighted by Gasteiger charge is -2.30. The summed E-state index contributed by atoms with van der Waals surface area (Å²) >= 11 is 3.39. The molecule has 8 heteroatoms. The summed E-state index contributed by atoms with van der Waals surface area (Å²) in [6.45, 7) is 5.82. The van der Waals surface area contributed by atoms with Crippen molar-refractivity contribution in [3.8, 4) is 0 Å². The van der Waals surface area contributed by atoms with Gasteiger partial charge in [0.2, 0.25) is 0 Å². The van der Waals surface area contributed by atoms with E-state index >= 15 is 0 Å². The van der Waals surface area contributed by atoms with Crippen LogP contribution in [0.25, 0.3) is 0 Å². The van der Waals surface area contributed by atoms with E-state index in [1.54, 1.807) is 36.5 Å². The first-order chi connectivity index (χ1) is 13.1. The van der Waals surface area contributed by atoms with Crippen LogP contribution < -0.4 is 10.6 Å². The van der Waals surface area contributed by atoms with Crippen LogP contribution in [0.2, 0.25) is 0 Å². The van der Waals surface area contributed by atoms with E-state index in [0.717, 1.165) is 13.1 Å². The van der Waals surface area contributed by atoms with Gasteiger partial charge in [0.1, 0.15) is 0 Å². The van der Waals surface area contributed by atoms with Gasteiger partial charge in [0.15, 0.2) is 0 Å². The number of urea groups is 1. The van der Waals surface area contributed by atoms with Crippen molar-refractivity contribution in [1.29, 1.82) is 0 Å². The SMILES string of the molecule is CCOC(=O)C1=C(CN(Cc2cccs2)Cc2cccs2)NC(=O)NC1C. The predicted octanol–water partition coefficient (Wildman–Crippen LogP) is 3.33. The predicted molar refractivity (Wildman–Crippen MR) is 108 cm³/mol. The lowest BCUT2D eigenvalue weighted by atomic mass is 10.0. The number of hydrogen-bond donors (Lipinski definition) is 2. The number of amides is 2. The van der Waals surface area contributed by atoms with Crippen molar-refractivity contribution in [3.05, 3.63) is 56.1 Å². The molecule has 1 atom stereocenters. The minimum atomic E-state index is -0.391. The van der Waals surface area contributed by atoms with Gasteiger partial charge in [0.25, 0.3) is 0 Å². The molecule has 3 rings (SSSR count). The molecule has 0 saturated carbocycles. The number of nitrogens with zero attached hydrogens (tertiary/aromatic N) is 1. The molecule has 0 aromatic carbocycles. The topological polar surface area (TPSA) is 70.7 Å². The van der Waals surface area contributed by atoms with Gasteiger partial charge in [0, 0.05) is 35.1 Å². The lowest BCUT2D eigenvalue weighted by molar-refractivity contribution is -0.139. The summed E-state index contributed by atoms with van der Waals surface area (Å²) in [6.07, 6.45) is 0. The van der Waals surface area contributed by atoms with Crippen LogP contribution in [0.3, 0.4) is 0 Å². The van der Waals surface area contributed by atoms with Crippen molar-refractivity contribution in [2.45, 2.75) is 33.0 Å². The number of thiophene rings is 2. The van der Waals surface area contributed by atoms with Crippen LogP contribution >= 0.6 is 22.7 Å². The van der Waals surface area contributed by atoms with Crippen LogP contribution in [-0.2, 0) is 22.6 Å². The largest absolute Gasteiger partial charge is 0.463 e. The highest BCUT2D eigenvalue weighted by Gasteiger charge is 2.30. The highest BCUT2D eigenvalue weighted by atomic mass is 32.1. The molecule has 2 aromatic rings. The number of nitrogens with one attached hydrogen (secondary N) is 2. The maximum Gasteiger partial charge on any atom is 0.337 e. The number of esters is 1. The van der Waals surface area contributed by atoms with E-state index in [-0.39, 0.29) is 12.0 Å². The standard InChI is InChI=1S/C19H23N3O3S2/c1-3-25-18(23)17-13(2)20-19(24)21-16(17)12-22(10-14-6-4-8-26-14)11-15-7-5-9-27-15/h4-9,13H,3,10-12H2,1-2H3,(H2,20,21,24). The zero-order valence-electron chi connectivity index (χ0n) is 15.4. The van der Waals surface area contributed by atoms with Crippen LogP contribution in [0.5, 0.6) is 0 Å². The first-order valence-corrected chi connectivity index (χ1v) is 10.6. The highest BCUT2D eigenvalue weighted by molar-refractivity contribution is 7.10. The van der Waals surface area contributed by atoms with E-state index in [1.165, 1.54) is 9.75 Å². The summed E-state index contributed by atoms with van der Waals surface area (Å²) < 4.78 is 5.21.